The Hall–Kier alpha value is -3.95. The highest BCUT2D eigenvalue weighted by Gasteiger charge is 2.20. The minimum Gasteiger partial charge on any atom is -0.489 e. The van der Waals surface area contributed by atoms with Gasteiger partial charge in [-0.3, -0.25) is 19.3 Å². The Kier molecular flexibility index (Phi) is 9.30. The molecule has 4 aromatic rings. The van der Waals surface area contributed by atoms with Crippen LogP contribution in [0.5, 0.6) is 17.2 Å². The molecule has 0 fully saturated rings. The predicted molar refractivity (Wildman–Crippen MR) is 159 cm³/mol. The number of methoxy groups -OCH3 is 1. The van der Waals surface area contributed by atoms with Crippen molar-refractivity contribution in [3.05, 3.63) is 70.6 Å². The van der Waals surface area contributed by atoms with E-state index in [1.54, 1.807) is 48.3 Å². The second kappa shape index (κ2) is 12.7. The number of aromatic nitrogens is 3. The van der Waals surface area contributed by atoms with E-state index in [0.29, 0.717) is 52.1 Å². The number of carbonyl (C=O) groups excluding carboxylic acids is 2. The van der Waals surface area contributed by atoms with E-state index in [-0.39, 0.29) is 29.9 Å². The van der Waals surface area contributed by atoms with Crippen molar-refractivity contribution < 1.29 is 23.8 Å². The van der Waals surface area contributed by atoms with Gasteiger partial charge in [0.05, 0.1) is 28.5 Å². The molecule has 0 aliphatic rings. The number of fused-ring (bicyclic) bond motifs is 1. The minimum absolute atomic E-state index is 0.0624. The van der Waals surface area contributed by atoms with Crippen LogP contribution in [0.15, 0.2) is 48.7 Å². The molecule has 1 N–H and O–H groups in total. The Morgan fingerprint density at radius 3 is 2.44 bits per heavy atom. The Morgan fingerprint density at radius 2 is 1.78 bits per heavy atom. The molecule has 1 amide bonds. The summed E-state index contributed by atoms with van der Waals surface area (Å²) in [6, 6.07) is 12.5. The molecule has 0 radical (unpaired) electrons. The van der Waals surface area contributed by atoms with Crippen molar-refractivity contribution in [1.29, 1.82) is 0 Å². The molecule has 10 heteroatoms. The third-order valence-electron chi connectivity index (χ3n) is 6.40. The molecule has 4 rings (SSSR count). The number of rotatable bonds is 11. The van der Waals surface area contributed by atoms with E-state index in [1.165, 1.54) is 6.92 Å². The molecule has 0 bridgehead atoms. The van der Waals surface area contributed by atoms with Gasteiger partial charge in [0.25, 0.3) is 0 Å². The predicted octanol–water partition coefficient (Wildman–Crippen LogP) is 6.05. The van der Waals surface area contributed by atoms with Crippen LogP contribution in [-0.4, -0.2) is 46.8 Å². The SMILES string of the molecule is COCCOc1cc2nccc(Oc3ccc(CC(=O)Cc4cc(C(C)(C)C)nn4C)cc3Cl)c2cc1NC(C)=O. The second-order valence-corrected chi connectivity index (χ2v) is 11.3. The van der Waals surface area contributed by atoms with Gasteiger partial charge in [0, 0.05) is 62.7 Å². The van der Waals surface area contributed by atoms with Crippen LogP contribution in [0.3, 0.4) is 0 Å². The van der Waals surface area contributed by atoms with E-state index < -0.39 is 0 Å². The molecule has 41 heavy (non-hydrogen) atoms. The lowest BCUT2D eigenvalue weighted by Crippen LogP contribution is -2.12. The molecule has 2 aromatic carbocycles. The first-order valence-corrected chi connectivity index (χ1v) is 13.7. The van der Waals surface area contributed by atoms with Gasteiger partial charge in [-0.05, 0) is 35.9 Å². The monoisotopic (exact) mass is 578 g/mol. The van der Waals surface area contributed by atoms with Crippen LogP contribution in [0.1, 0.15) is 44.6 Å². The number of amides is 1. The number of benzene rings is 2. The highest BCUT2D eigenvalue weighted by Crippen LogP contribution is 2.38. The van der Waals surface area contributed by atoms with Crippen LogP contribution in [-0.2, 0) is 39.6 Å². The summed E-state index contributed by atoms with van der Waals surface area (Å²) in [5, 5.41) is 8.39. The number of Topliss-reactive ketones (excluding diaryl/α,β-unsaturated/α-hetero) is 1. The Balaban J connectivity index is 1.52. The fourth-order valence-electron chi connectivity index (χ4n) is 4.26. The first kappa shape index (κ1) is 30.0. The molecule has 0 saturated carbocycles. The van der Waals surface area contributed by atoms with Gasteiger partial charge in [0.1, 0.15) is 29.6 Å². The summed E-state index contributed by atoms with van der Waals surface area (Å²) in [6.45, 7) is 8.43. The average Bonchev–Trinajstić information content (AvgIpc) is 3.26. The molecule has 0 aliphatic carbocycles. The zero-order valence-corrected chi connectivity index (χ0v) is 25.0. The van der Waals surface area contributed by atoms with Crippen LogP contribution in [0.25, 0.3) is 10.9 Å². The molecule has 0 saturated heterocycles. The number of carbonyl (C=O) groups is 2. The van der Waals surface area contributed by atoms with Gasteiger partial charge in [-0.25, -0.2) is 0 Å². The Bertz CT molecular complexity index is 1580. The highest BCUT2D eigenvalue weighted by atomic mass is 35.5. The topological polar surface area (TPSA) is 105 Å². The Labute approximate surface area is 244 Å². The summed E-state index contributed by atoms with van der Waals surface area (Å²) < 4.78 is 18.8. The summed E-state index contributed by atoms with van der Waals surface area (Å²) in [5.41, 5.74) is 3.63. The maximum absolute atomic E-state index is 12.9. The minimum atomic E-state index is -0.237. The van der Waals surface area contributed by atoms with Crippen molar-refractivity contribution in [2.75, 3.05) is 25.6 Å². The third-order valence-corrected chi connectivity index (χ3v) is 6.69. The fourth-order valence-corrected chi connectivity index (χ4v) is 4.51. The van der Waals surface area contributed by atoms with E-state index in [4.69, 9.17) is 25.8 Å². The van der Waals surface area contributed by atoms with Gasteiger partial charge in [0.2, 0.25) is 5.91 Å². The number of anilines is 1. The largest absolute Gasteiger partial charge is 0.489 e. The van der Waals surface area contributed by atoms with E-state index >= 15 is 0 Å². The summed E-state index contributed by atoms with van der Waals surface area (Å²) in [4.78, 5) is 29.1. The zero-order valence-electron chi connectivity index (χ0n) is 24.2. The van der Waals surface area contributed by atoms with E-state index in [0.717, 1.165) is 17.0 Å². The van der Waals surface area contributed by atoms with Gasteiger partial charge >= 0.3 is 0 Å². The van der Waals surface area contributed by atoms with Crippen LogP contribution in [0.2, 0.25) is 5.02 Å². The average molecular weight is 579 g/mol. The molecule has 9 nitrogen and oxygen atoms in total. The quantitative estimate of drug-likeness (QED) is 0.216. The number of ether oxygens (including phenoxy) is 3. The zero-order chi connectivity index (χ0) is 29.7. The number of halogens is 1. The number of ketones is 1. The lowest BCUT2D eigenvalue weighted by molar-refractivity contribution is -0.118. The Morgan fingerprint density at radius 1 is 1.00 bits per heavy atom. The smallest absolute Gasteiger partial charge is 0.221 e. The van der Waals surface area contributed by atoms with Crippen molar-refractivity contribution in [3.8, 4) is 17.2 Å². The maximum atomic E-state index is 12.9. The van der Waals surface area contributed by atoms with Crippen molar-refractivity contribution in [2.24, 2.45) is 7.05 Å². The molecule has 0 unspecified atom stereocenters. The maximum Gasteiger partial charge on any atom is 0.221 e. The first-order chi connectivity index (χ1) is 19.4. The number of nitrogens with one attached hydrogen (secondary N) is 1. The number of nitrogens with zero attached hydrogens (tertiary/aromatic N) is 3. The molecule has 216 valence electrons. The highest BCUT2D eigenvalue weighted by molar-refractivity contribution is 6.32. The molecular weight excluding hydrogens is 544 g/mol. The van der Waals surface area contributed by atoms with Crippen molar-refractivity contribution >= 4 is 39.9 Å². The third kappa shape index (κ3) is 7.62. The second-order valence-electron chi connectivity index (χ2n) is 10.9. The standard InChI is InChI=1S/C31H35ClN4O5/c1-19(37)34-26-17-23-25(18-29(26)40-12-11-39-6)33-10-9-27(23)41-28-8-7-20(14-24(28)32)13-22(38)15-21-16-30(31(2,3)4)35-36(21)5/h7-10,14,16-18H,11-13,15H2,1-6H3,(H,34,37). The lowest BCUT2D eigenvalue weighted by Gasteiger charge is -2.15. The van der Waals surface area contributed by atoms with Crippen LogP contribution in [0.4, 0.5) is 5.69 Å². The summed E-state index contributed by atoms with van der Waals surface area (Å²) in [6.07, 6.45) is 2.14. The van der Waals surface area contributed by atoms with Crippen molar-refractivity contribution in [3.63, 3.8) is 0 Å². The van der Waals surface area contributed by atoms with Crippen LogP contribution >= 0.6 is 11.6 Å². The lowest BCUT2D eigenvalue weighted by atomic mass is 9.92. The molecule has 0 atom stereocenters. The van der Waals surface area contributed by atoms with Gasteiger partial charge in [0.15, 0.2) is 0 Å². The molecular formula is C31H35ClN4O5. The number of pyridine rings is 1. The van der Waals surface area contributed by atoms with Crippen LogP contribution in [0, 0.1) is 0 Å². The number of hydrogen-bond acceptors (Lipinski definition) is 7. The normalized spacial score (nSPS) is 11.5. The number of aryl methyl sites for hydroxylation is 1. The fraction of sp³-hybridized carbons (Fsp3) is 0.355. The van der Waals surface area contributed by atoms with E-state index in [2.05, 4.69) is 36.2 Å². The molecule has 0 spiro atoms. The van der Waals surface area contributed by atoms with Gasteiger partial charge in [-0.1, -0.05) is 38.4 Å². The summed E-state index contributed by atoms with van der Waals surface area (Å²) >= 11 is 6.59. The van der Waals surface area contributed by atoms with Gasteiger partial charge < -0.3 is 19.5 Å². The summed E-state index contributed by atoms with van der Waals surface area (Å²) in [7, 11) is 3.45. The molecule has 2 heterocycles. The molecule has 2 aromatic heterocycles. The molecule has 0 aliphatic heterocycles. The van der Waals surface area contributed by atoms with Gasteiger partial charge in [-0.15, -0.1) is 0 Å². The first-order valence-electron chi connectivity index (χ1n) is 13.3. The van der Waals surface area contributed by atoms with Crippen LogP contribution < -0.4 is 14.8 Å². The van der Waals surface area contributed by atoms with E-state index in [9.17, 15) is 9.59 Å². The van der Waals surface area contributed by atoms with E-state index in [1.807, 2.05) is 19.2 Å². The van der Waals surface area contributed by atoms with Crippen molar-refractivity contribution in [1.82, 2.24) is 14.8 Å². The van der Waals surface area contributed by atoms with Gasteiger partial charge in [-0.2, -0.15) is 5.10 Å². The summed E-state index contributed by atoms with van der Waals surface area (Å²) in [5.74, 6) is 1.23. The van der Waals surface area contributed by atoms with Crippen molar-refractivity contribution in [2.45, 2.75) is 46.0 Å². The number of hydrogen-bond donors (Lipinski definition) is 1.